The minimum Gasteiger partial charge on any atom is -0.467 e. The third-order valence-corrected chi connectivity index (χ3v) is 3.07. The number of carbonyl (C=O) groups excluding carboxylic acids is 2. The molecule has 1 aromatic carbocycles. The summed E-state index contributed by atoms with van der Waals surface area (Å²) in [4.78, 5) is 23.9. The summed E-state index contributed by atoms with van der Waals surface area (Å²) in [6.45, 7) is 3.31. The third kappa shape index (κ3) is 4.06. The minimum atomic E-state index is -1.50. The molecule has 0 radical (unpaired) electrons. The van der Waals surface area contributed by atoms with Gasteiger partial charge < -0.3 is 15.2 Å². The van der Waals surface area contributed by atoms with E-state index in [1.54, 1.807) is 24.3 Å². The van der Waals surface area contributed by atoms with Gasteiger partial charge in [0.1, 0.15) is 5.60 Å². The van der Waals surface area contributed by atoms with E-state index in [0.717, 1.165) is 0 Å². The summed E-state index contributed by atoms with van der Waals surface area (Å²) in [6, 6.07) is 7.86. The first-order chi connectivity index (χ1) is 9.42. The van der Waals surface area contributed by atoms with Gasteiger partial charge in [0, 0.05) is 0 Å². The highest BCUT2D eigenvalue weighted by Gasteiger charge is 2.33. The number of hydrogen-bond acceptors (Lipinski definition) is 4. The number of hydrogen-bond donors (Lipinski definition) is 2. The van der Waals surface area contributed by atoms with Crippen LogP contribution >= 0.6 is 0 Å². The minimum absolute atomic E-state index is 0.321. The van der Waals surface area contributed by atoms with Crippen molar-refractivity contribution in [3.63, 3.8) is 0 Å². The van der Waals surface area contributed by atoms with E-state index < -0.39 is 23.5 Å². The monoisotopic (exact) mass is 279 g/mol. The van der Waals surface area contributed by atoms with Crippen LogP contribution in [0.4, 0.5) is 0 Å². The Bertz CT molecular complexity index is 456. The largest absolute Gasteiger partial charge is 0.467 e. The molecule has 5 nitrogen and oxygen atoms in total. The topological polar surface area (TPSA) is 75.6 Å². The van der Waals surface area contributed by atoms with Crippen LogP contribution in [0, 0.1) is 0 Å². The van der Waals surface area contributed by atoms with Gasteiger partial charge >= 0.3 is 5.97 Å². The molecular weight excluding hydrogens is 258 g/mol. The highest BCUT2D eigenvalue weighted by Crippen LogP contribution is 2.18. The molecule has 2 N–H and O–H groups in total. The Balaban J connectivity index is 2.92. The molecule has 0 heterocycles. The van der Waals surface area contributed by atoms with E-state index in [9.17, 15) is 14.7 Å². The molecule has 0 saturated carbocycles. The molecule has 0 bridgehead atoms. The molecule has 0 fully saturated rings. The Morgan fingerprint density at radius 3 is 2.45 bits per heavy atom. The van der Waals surface area contributed by atoms with Crippen LogP contribution < -0.4 is 5.32 Å². The molecule has 0 aliphatic carbocycles. The SMILES string of the molecule is CCC[C@](C)(O)C(=O)N[C@H](C(=O)OC)c1ccccc1. The van der Waals surface area contributed by atoms with Crippen LogP contribution in [-0.2, 0) is 14.3 Å². The average molecular weight is 279 g/mol. The quantitative estimate of drug-likeness (QED) is 0.775. The summed E-state index contributed by atoms with van der Waals surface area (Å²) < 4.78 is 4.71. The van der Waals surface area contributed by atoms with E-state index in [2.05, 4.69) is 5.32 Å². The van der Waals surface area contributed by atoms with Crippen molar-refractivity contribution in [1.82, 2.24) is 5.32 Å². The predicted octanol–water partition coefficient (Wildman–Crippen LogP) is 1.57. The van der Waals surface area contributed by atoms with Gasteiger partial charge in [0.25, 0.3) is 5.91 Å². The number of ether oxygens (including phenoxy) is 1. The maximum Gasteiger partial charge on any atom is 0.333 e. The number of rotatable bonds is 6. The van der Waals surface area contributed by atoms with Crippen molar-refractivity contribution in [2.24, 2.45) is 0 Å². The highest BCUT2D eigenvalue weighted by molar-refractivity contribution is 5.89. The van der Waals surface area contributed by atoms with E-state index in [0.29, 0.717) is 18.4 Å². The van der Waals surface area contributed by atoms with Gasteiger partial charge in [-0.15, -0.1) is 0 Å². The van der Waals surface area contributed by atoms with E-state index in [4.69, 9.17) is 4.74 Å². The van der Waals surface area contributed by atoms with Crippen LogP contribution in [0.15, 0.2) is 30.3 Å². The molecule has 5 heteroatoms. The second kappa shape index (κ2) is 7.05. The van der Waals surface area contributed by atoms with Crippen molar-refractivity contribution in [2.75, 3.05) is 7.11 Å². The van der Waals surface area contributed by atoms with Crippen LogP contribution in [0.25, 0.3) is 0 Å². The maximum absolute atomic E-state index is 12.1. The van der Waals surface area contributed by atoms with Crippen molar-refractivity contribution in [2.45, 2.75) is 38.3 Å². The zero-order chi connectivity index (χ0) is 15.2. The van der Waals surface area contributed by atoms with Gasteiger partial charge in [0.15, 0.2) is 6.04 Å². The molecule has 0 unspecified atom stereocenters. The summed E-state index contributed by atoms with van der Waals surface area (Å²) in [5.41, 5.74) is -0.893. The van der Waals surface area contributed by atoms with Crippen LogP contribution in [0.1, 0.15) is 38.3 Å². The Kier molecular flexibility index (Phi) is 5.70. The van der Waals surface area contributed by atoms with Gasteiger partial charge in [0.2, 0.25) is 0 Å². The zero-order valence-electron chi connectivity index (χ0n) is 12.1. The lowest BCUT2D eigenvalue weighted by atomic mass is 9.98. The first-order valence-electron chi connectivity index (χ1n) is 6.58. The third-order valence-electron chi connectivity index (χ3n) is 3.07. The Labute approximate surface area is 118 Å². The molecule has 2 atom stereocenters. The standard InChI is InChI=1S/C15H21NO4/c1-4-10-15(2,19)14(18)16-12(13(17)20-3)11-8-6-5-7-9-11/h5-9,12,19H,4,10H2,1-3H3,(H,16,18)/t12-,15-/m0/s1. The number of benzene rings is 1. The molecule has 1 amide bonds. The zero-order valence-corrected chi connectivity index (χ0v) is 12.1. The predicted molar refractivity (Wildman–Crippen MR) is 74.9 cm³/mol. The van der Waals surface area contributed by atoms with Crippen molar-refractivity contribution in [3.05, 3.63) is 35.9 Å². The van der Waals surface area contributed by atoms with Crippen molar-refractivity contribution >= 4 is 11.9 Å². The Hall–Kier alpha value is -1.88. The van der Waals surface area contributed by atoms with E-state index in [1.165, 1.54) is 14.0 Å². The van der Waals surface area contributed by atoms with Gasteiger partial charge in [-0.25, -0.2) is 4.79 Å². The van der Waals surface area contributed by atoms with E-state index in [1.807, 2.05) is 13.0 Å². The van der Waals surface area contributed by atoms with Gasteiger partial charge in [-0.3, -0.25) is 4.79 Å². The second-order valence-electron chi connectivity index (χ2n) is 4.86. The van der Waals surface area contributed by atoms with Gasteiger partial charge in [0.05, 0.1) is 7.11 Å². The highest BCUT2D eigenvalue weighted by atomic mass is 16.5. The summed E-state index contributed by atoms with van der Waals surface area (Å²) >= 11 is 0. The van der Waals surface area contributed by atoms with Crippen molar-refractivity contribution < 1.29 is 19.4 Å². The lowest BCUT2D eigenvalue weighted by Crippen LogP contribution is -2.47. The van der Waals surface area contributed by atoms with Crippen molar-refractivity contribution in [3.8, 4) is 0 Å². The molecule has 0 aliphatic rings. The van der Waals surface area contributed by atoms with Crippen LogP contribution in [0.3, 0.4) is 0 Å². The maximum atomic E-state index is 12.1. The number of aliphatic hydroxyl groups is 1. The number of methoxy groups -OCH3 is 1. The number of nitrogens with one attached hydrogen (secondary N) is 1. The Morgan fingerprint density at radius 2 is 1.95 bits per heavy atom. The molecule has 0 aliphatic heterocycles. The van der Waals surface area contributed by atoms with Gasteiger partial charge in [-0.05, 0) is 18.9 Å². The summed E-state index contributed by atoms with van der Waals surface area (Å²) in [5.74, 6) is -1.16. The van der Waals surface area contributed by atoms with E-state index >= 15 is 0 Å². The molecule has 110 valence electrons. The summed E-state index contributed by atoms with van der Waals surface area (Å²) in [5, 5.41) is 12.6. The molecule has 20 heavy (non-hydrogen) atoms. The van der Waals surface area contributed by atoms with E-state index in [-0.39, 0.29) is 0 Å². The molecule has 1 rings (SSSR count). The average Bonchev–Trinajstić information content (AvgIpc) is 2.44. The fourth-order valence-corrected chi connectivity index (χ4v) is 1.93. The number of amides is 1. The fourth-order valence-electron chi connectivity index (χ4n) is 1.93. The lowest BCUT2D eigenvalue weighted by molar-refractivity contribution is -0.149. The van der Waals surface area contributed by atoms with Crippen molar-refractivity contribution in [1.29, 1.82) is 0 Å². The number of esters is 1. The number of carbonyl (C=O) groups is 2. The molecule has 1 aromatic rings. The van der Waals surface area contributed by atoms with Crippen LogP contribution in [0.5, 0.6) is 0 Å². The first kappa shape index (κ1) is 16.2. The normalized spacial score (nSPS) is 15.0. The smallest absolute Gasteiger partial charge is 0.333 e. The summed E-state index contributed by atoms with van der Waals surface area (Å²) in [6.07, 6.45) is 0.982. The molecular formula is C15H21NO4. The second-order valence-corrected chi connectivity index (χ2v) is 4.86. The molecule has 0 spiro atoms. The first-order valence-corrected chi connectivity index (χ1v) is 6.58. The van der Waals surface area contributed by atoms with Crippen LogP contribution in [-0.4, -0.2) is 29.7 Å². The van der Waals surface area contributed by atoms with Crippen LogP contribution in [0.2, 0.25) is 0 Å². The molecule has 0 saturated heterocycles. The molecule has 0 aromatic heterocycles. The fraction of sp³-hybridized carbons (Fsp3) is 0.467. The lowest BCUT2D eigenvalue weighted by Gasteiger charge is -2.25. The Morgan fingerprint density at radius 1 is 1.35 bits per heavy atom. The van der Waals surface area contributed by atoms with Gasteiger partial charge in [-0.2, -0.15) is 0 Å². The summed E-state index contributed by atoms with van der Waals surface area (Å²) in [7, 11) is 1.26. The van der Waals surface area contributed by atoms with Gasteiger partial charge in [-0.1, -0.05) is 43.7 Å².